The molecule has 0 amide bonds. The van der Waals surface area contributed by atoms with E-state index in [0.29, 0.717) is 21.5 Å². The van der Waals surface area contributed by atoms with Gasteiger partial charge in [-0.3, -0.25) is 4.79 Å². The van der Waals surface area contributed by atoms with Gasteiger partial charge >= 0.3 is 5.97 Å². The van der Waals surface area contributed by atoms with E-state index in [1.54, 1.807) is 12.1 Å². The Morgan fingerprint density at radius 3 is 2.47 bits per heavy atom. The summed E-state index contributed by atoms with van der Waals surface area (Å²) in [6, 6.07) is 2.76. The lowest BCUT2D eigenvalue weighted by atomic mass is 10.0. The average molecular weight is 304 g/mol. The van der Waals surface area contributed by atoms with Gasteiger partial charge < -0.3 is 20.3 Å². The molecule has 94 valence electrons. The number of benzene rings is 1. The van der Waals surface area contributed by atoms with Crippen molar-refractivity contribution in [1.82, 2.24) is 0 Å². The van der Waals surface area contributed by atoms with Crippen LogP contribution in [0.3, 0.4) is 0 Å². The molecule has 1 aromatic rings. The fourth-order valence-corrected chi connectivity index (χ4v) is 1.99. The Labute approximate surface area is 108 Å². The highest BCUT2D eigenvalue weighted by Gasteiger charge is 2.17. The van der Waals surface area contributed by atoms with Crippen molar-refractivity contribution in [2.24, 2.45) is 5.73 Å². The van der Waals surface area contributed by atoms with Gasteiger partial charge in [0.1, 0.15) is 11.5 Å². The molecule has 0 radical (unpaired) electrons. The standard InChI is InChI=1S/C11H14BrNO4/c1-16-9-5-10(17-2)7(12)3-6(9)8(13)4-11(14)15/h3,5,8H,4,13H2,1-2H3,(H,14,15)/t8-/m0/s1. The van der Waals surface area contributed by atoms with Crippen molar-refractivity contribution in [3.63, 3.8) is 0 Å². The summed E-state index contributed by atoms with van der Waals surface area (Å²) in [5.41, 5.74) is 6.44. The molecule has 0 spiro atoms. The number of rotatable bonds is 5. The molecule has 0 saturated carbocycles. The van der Waals surface area contributed by atoms with Crippen LogP contribution in [0.4, 0.5) is 0 Å². The van der Waals surface area contributed by atoms with E-state index in [1.165, 1.54) is 14.2 Å². The van der Waals surface area contributed by atoms with Crippen molar-refractivity contribution in [3.8, 4) is 11.5 Å². The van der Waals surface area contributed by atoms with Crippen LogP contribution in [0.1, 0.15) is 18.0 Å². The molecule has 3 N–H and O–H groups in total. The number of ether oxygens (including phenoxy) is 2. The van der Waals surface area contributed by atoms with Crippen molar-refractivity contribution in [2.45, 2.75) is 12.5 Å². The Balaban J connectivity index is 3.13. The van der Waals surface area contributed by atoms with Gasteiger partial charge in [-0.2, -0.15) is 0 Å². The molecule has 1 rings (SSSR count). The lowest BCUT2D eigenvalue weighted by molar-refractivity contribution is -0.137. The highest BCUT2D eigenvalue weighted by Crippen LogP contribution is 2.35. The molecule has 0 aliphatic rings. The second-order valence-electron chi connectivity index (χ2n) is 3.43. The predicted molar refractivity (Wildman–Crippen MR) is 66.4 cm³/mol. The zero-order chi connectivity index (χ0) is 13.0. The SMILES string of the molecule is COc1cc(OC)c([C@@H](N)CC(=O)O)cc1Br. The van der Waals surface area contributed by atoms with Crippen LogP contribution in [0.5, 0.6) is 11.5 Å². The van der Waals surface area contributed by atoms with Crippen LogP contribution < -0.4 is 15.2 Å². The predicted octanol–water partition coefficient (Wildman–Crippen LogP) is 1.94. The number of aliphatic carboxylic acids is 1. The van der Waals surface area contributed by atoms with E-state index in [9.17, 15) is 4.79 Å². The van der Waals surface area contributed by atoms with Crippen molar-refractivity contribution >= 4 is 21.9 Å². The maximum absolute atomic E-state index is 10.6. The third-order valence-corrected chi connectivity index (χ3v) is 2.92. The number of methoxy groups -OCH3 is 2. The Morgan fingerprint density at radius 2 is 2.00 bits per heavy atom. The Bertz CT molecular complexity index is 422. The second kappa shape index (κ2) is 5.88. The fourth-order valence-electron chi connectivity index (χ4n) is 1.47. The van der Waals surface area contributed by atoms with E-state index < -0.39 is 12.0 Å². The van der Waals surface area contributed by atoms with E-state index in [2.05, 4.69) is 15.9 Å². The first-order valence-corrected chi connectivity index (χ1v) is 5.67. The second-order valence-corrected chi connectivity index (χ2v) is 4.29. The van der Waals surface area contributed by atoms with Crippen LogP contribution in [-0.2, 0) is 4.79 Å². The monoisotopic (exact) mass is 303 g/mol. The van der Waals surface area contributed by atoms with Gasteiger partial charge in [-0.1, -0.05) is 0 Å². The molecule has 0 aliphatic heterocycles. The van der Waals surface area contributed by atoms with Crippen molar-refractivity contribution in [3.05, 3.63) is 22.2 Å². The minimum absolute atomic E-state index is 0.158. The lowest BCUT2D eigenvalue weighted by Crippen LogP contribution is -2.16. The van der Waals surface area contributed by atoms with Crippen LogP contribution in [0.15, 0.2) is 16.6 Å². The van der Waals surface area contributed by atoms with Gasteiger partial charge in [0.15, 0.2) is 0 Å². The van der Waals surface area contributed by atoms with Gasteiger partial charge in [-0.25, -0.2) is 0 Å². The summed E-state index contributed by atoms with van der Waals surface area (Å²) in [7, 11) is 3.04. The zero-order valence-corrected chi connectivity index (χ0v) is 11.2. The lowest BCUT2D eigenvalue weighted by Gasteiger charge is -2.16. The maximum atomic E-state index is 10.6. The van der Waals surface area contributed by atoms with Crippen LogP contribution >= 0.6 is 15.9 Å². The van der Waals surface area contributed by atoms with Crippen molar-refractivity contribution in [1.29, 1.82) is 0 Å². The molecule has 5 nitrogen and oxygen atoms in total. The summed E-state index contributed by atoms with van der Waals surface area (Å²) in [6.45, 7) is 0. The molecular formula is C11H14BrNO4. The van der Waals surface area contributed by atoms with Crippen LogP contribution in [-0.4, -0.2) is 25.3 Å². The molecule has 1 atom stereocenters. The molecule has 1 aromatic carbocycles. The van der Waals surface area contributed by atoms with Gasteiger partial charge in [-0.15, -0.1) is 0 Å². The van der Waals surface area contributed by atoms with E-state index in [1.807, 2.05) is 0 Å². The van der Waals surface area contributed by atoms with Gasteiger partial charge in [0, 0.05) is 17.7 Å². The number of carboxylic acid groups (broad SMARTS) is 1. The first kappa shape index (κ1) is 13.8. The Hall–Kier alpha value is -1.27. The average Bonchev–Trinajstić information content (AvgIpc) is 2.27. The third-order valence-electron chi connectivity index (χ3n) is 2.30. The van der Waals surface area contributed by atoms with Gasteiger partial charge in [-0.05, 0) is 22.0 Å². The quantitative estimate of drug-likeness (QED) is 0.869. The first-order chi connectivity index (χ1) is 7.99. The van der Waals surface area contributed by atoms with Gasteiger partial charge in [0.25, 0.3) is 0 Å². The topological polar surface area (TPSA) is 81.8 Å². The number of halogens is 1. The molecule has 0 fully saturated rings. The normalized spacial score (nSPS) is 12.0. The molecule has 0 bridgehead atoms. The number of carbonyl (C=O) groups is 1. The maximum Gasteiger partial charge on any atom is 0.305 e. The molecule has 6 heteroatoms. The van der Waals surface area contributed by atoms with Crippen molar-refractivity contribution in [2.75, 3.05) is 14.2 Å². The minimum Gasteiger partial charge on any atom is -0.496 e. The smallest absolute Gasteiger partial charge is 0.305 e. The number of hydrogen-bond donors (Lipinski definition) is 2. The molecular weight excluding hydrogens is 290 g/mol. The fraction of sp³-hybridized carbons (Fsp3) is 0.364. The summed E-state index contributed by atoms with van der Waals surface area (Å²) in [5.74, 6) is 0.165. The van der Waals surface area contributed by atoms with Crippen molar-refractivity contribution < 1.29 is 19.4 Å². The van der Waals surface area contributed by atoms with Gasteiger partial charge in [0.2, 0.25) is 0 Å². The van der Waals surface area contributed by atoms with E-state index in [-0.39, 0.29) is 6.42 Å². The van der Waals surface area contributed by atoms with Crippen LogP contribution in [0.2, 0.25) is 0 Å². The molecule has 0 heterocycles. The number of hydrogen-bond acceptors (Lipinski definition) is 4. The molecule has 0 unspecified atom stereocenters. The van der Waals surface area contributed by atoms with E-state index in [0.717, 1.165) is 0 Å². The number of carboxylic acids is 1. The highest BCUT2D eigenvalue weighted by atomic mass is 79.9. The Morgan fingerprint density at radius 1 is 1.41 bits per heavy atom. The zero-order valence-electron chi connectivity index (χ0n) is 9.57. The Kier molecular flexibility index (Phi) is 4.77. The summed E-state index contributed by atoms with van der Waals surface area (Å²) < 4.78 is 11.0. The molecule has 17 heavy (non-hydrogen) atoms. The summed E-state index contributed by atoms with van der Waals surface area (Å²) >= 11 is 3.32. The van der Waals surface area contributed by atoms with E-state index in [4.69, 9.17) is 20.3 Å². The molecule has 0 aliphatic carbocycles. The summed E-state index contributed by atoms with van der Waals surface area (Å²) in [4.78, 5) is 10.6. The first-order valence-electron chi connectivity index (χ1n) is 4.88. The third kappa shape index (κ3) is 3.34. The minimum atomic E-state index is -0.952. The highest BCUT2D eigenvalue weighted by molar-refractivity contribution is 9.10. The van der Waals surface area contributed by atoms with Crippen LogP contribution in [0.25, 0.3) is 0 Å². The summed E-state index contributed by atoms with van der Waals surface area (Å²) in [6.07, 6.45) is -0.158. The van der Waals surface area contributed by atoms with E-state index >= 15 is 0 Å². The molecule has 0 aromatic heterocycles. The summed E-state index contributed by atoms with van der Waals surface area (Å²) in [5, 5.41) is 8.72. The largest absolute Gasteiger partial charge is 0.496 e. The van der Waals surface area contributed by atoms with Crippen LogP contribution in [0, 0.1) is 0 Å². The molecule has 0 saturated heterocycles. The number of nitrogens with two attached hydrogens (primary N) is 1. The van der Waals surface area contributed by atoms with Gasteiger partial charge in [0.05, 0.1) is 25.1 Å².